The quantitative estimate of drug-likeness (QED) is 0.857. The third-order valence-electron chi connectivity index (χ3n) is 3.04. The molecule has 23 heavy (non-hydrogen) atoms. The lowest BCUT2D eigenvalue weighted by molar-refractivity contribution is 0.0827. The first-order valence-corrected chi connectivity index (χ1v) is 7.70. The first-order chi connectivity index (χ1) is 10.8. The molecule has 0 aliphatic heterocycles. The monoisotopic (exact) mass is 370 g/mol. The van der Waals surface area contributed by atoms with Crippen molar-refractivity contribution in [1.29, 1.82) is 0 Å². The number of carbonyl (C=O) groups excluding carboxylic acids is 2. The van der Waals surface area contributed by atoms with Crippen LogP contribution in [0.5, 0.6) is 0 Å². The Hall–Kier alpha value is -1.75. The summed E-state index contributed by atoms with van der Waals surface area (Å²) in [5.41, 5.74) is 0.951. The Morgan fingerprint density at radius 1 is 0.957 bits per heavy atom. The second-order valence-corrected chi connectivity index (χ2v) is 6.22. The minimum Gasteiger partial charge on any atom is -0.345 e. The summed E-state index contributed by atoms with van der Waals surface area (Å²) in [5.74, 6) is -0.660. The van der Waals surface area contributed by atoms with Crippen molar-refractivity contribution in [2.75, 3.05) is 19.4 Å². The van der Waals surface area contributed by atoms with Gasteiger partial charge in [-0.25, -0.2) is 0 Å². The molecule has 0 atom stereocenters. The molecule has 0 fully saturated rings. The highest BCUT2D eigenvalue weighted by atomic mass is 35.5. The third kappa shape index (κ3) is 4.16. The molecule has 0 aliphatic carbocycles. The van der Waals surface area contributed by atoms with Gasteiger partial charge in [0.05, 0.1) is 21.3 Å². The predicted octanol–water partition coefficient (Wildman–Crippen LogP) is 4.60. The Morgan fingerprint density at radius 2 is 1.61 bits per heavy atom. The van der Waals surface area contributed by atoms with E-state index in [2.05, 4.69) is 5.32 Å². The van der Waals surface area contributed by atoms with Gasteiger partial charge in [0.25, 0.3) is 11.8 Å². The number of anilines is 1. The average molecular weight is 372 g/mol. The normalized spacial score (nSPS) is 10.3. The molecule has 1 N–H and O–H groups in total. The fraction of sp³-hybridized carbons (Fsp3) is 0.125. The summed E-state index contributed by atoms with van der Waals surface area (Å²) in [6.07, 6.45) is 0. The number of rotatable bonds is 3. The van der Waals surface area contributed by atoms with Gasteiger partial charge in [-0.1, -0.05) is 34.8 Å². The number of carbonyl (C=O) groups is 2. The van der Waals surface area contributed by atoms with E-state index in [0.717, 1.165) is 0 Å². The maximum Gasteiger partial charge on any atom is 0.257 e. The van der Waals surface area contributed by atoms with Crippen molar-refractivity contribution >= 4 is 52.3 Å². The number of hydrogen-bond donors (Lipinski definition) is 1. The summed E-state index contributed by atoms with van der Waals surface area (Å²) in [6, 6.07) is 9.24. The highest BCUT2D eigenvalue weighted by Gasteiger charge is 2.15. The molecule has 0 bridgehead atoms. The van der Waals surface area contributed by atoms with Crippen molar-refractivity contribution < 1.29 is 9.59 Å². The molecule has 0 unspecified atom stereocenters. The van der Waals surface area contributed by atoms with Crippen LogP contribution < -0.4 is 5.32 Å². The van der Waals surface area contributed by atoms with Gasteiger partial charge in [0.15, 0.2) is 0 Å². The van der Waals surface area contributed by atoms with Crippen molar-refractivity contribution in [3.8, 4) is 0 Å². The van der Waals surface area contributed by atoms with Gasteiger partial charge in [-0.05, 0) is 36.4 Å². The van der Waals surface area contributed by atoms with Crippen molar-refractivity contribution in [3.63, 3.8) is 0 Å². The molecule has 2 aromatic rings. The van der Waals surface area contributed by atoms with E-state index >= 15 is 0 Å². The van der Waals surface area contributed by atoms with Gasteiger partial charge < -0.3 is 10.2 Å². The Morgan fingerprint density at radius 3 is 2.26 bits per heavy atom. The maximum atomic E-state index is 12.3. The zero-order valence-corrected chi connectivity index (χ0v) is 14.6. The largest absolute Gasteiger partial charge is 0.345 e. The van der Waals surface area contributed by atoms with Gasteiger partial charge in [-0.2, -0.15) is 0 Å². The van der Waals surface area contributed by atoms with Crippen molar-refractivity contribution in [2.24, 2.45) is 0 Å². The van der Waals surface area contributed by atoms with Gasteiger partial charge in [0.1, 0.15) is 0 Å². The minimum atomic E-state index is -0.464. The number of amides is 2. The molecule has 2 aromatic carbocycles. The Balaban J connectivity index is 2.32. The summed E-state index contributed by atoms with van der Waals surface area (Å²) in [7, 11) is 3.28. The maximum absolute atomic E-state index is 12.3. The van der Waals surface area contributed by atoms with Gasteiger partial charge in [-0.15, -0.1) is 0 Å². The number of hydrogen-bond acceptors (Lipinski definition) is 2. The van der Waals surface area contributed by atoms with E-state index in [9.17, 15) is 9.59 Å². The first kappa shape index (κ1) is 17.6. The molecule has 0 aliphatic rings. The molecule has 0 spiro atoms. The fourth-order valence-corrected chi connectivity index (χ4v) is 2.41. The molecule has 0 saturated carbocycles. The predicted molar refractivity (Wildman–Crippen MR) is 93.9 cm³/mol. The minimum absolute atomic E-state index is 0.196. The second-order valence-electron chi connectivity index (χ2n) is 4.97. The molecule has 0 saturated heterocycles. The molecule has 0 heterocycles. The van der Waals surface area contributed by atoms with Crippen LogP contribution in [-0.2, 0) is 0 Å². The second kappa shape index (κ2) is 7.21. The standard InChI is InChI=1S/C16H13Cl3N2O2/c1-21(2)16(23)9-3-5-13(19)14(7-9)20-15(22)11-8-10(17)4-6-12(11)18/h3-8H,1-2H3,(H,20,22). The van der Waals surface area contributed by atoms with Crippen LogP contribution in [0.25, 0.3) is 0 Å². The van der Waals surface area contributed by atoms with E-state index in [1.165, 1.54) is 23.1 Å². The Kier molecular flexibility index (Phi) is 5.52. The molecule has 4 nitrogen and oxygen atoms in total. The summed E-state index contributed by atoms with van der Waals surface area (Å²) < 4.78 is 0. The van der Waals surface area contributed by atoms with E-state index in [4.69, 9.17) is 34.8 Å². The highest BCUT2D eigenvalue weighted by Crippen LogP contribution is 2.26. The van der Waals surface area contributed by atoms with Gasteiger partial charge >= 0.3 is 0 Å². The van der Waals surface area contributed by atoms with Crippen LogP contribution in [0.2, 0.25) is 15.1 Å². The van der Waals surface area contributed by atoms with Gasteiger partial charge in [-0.3, -0.25) is 9.59 Å². The van der Waals surface area contributed by atoms with Crippen molar-refractivity contribution in [1.82, 2.24) is 4.90 Å². The van der Waals surface area contributed by atoms with E-state index in [1.807, 2.05) is 0 Å². The van der Waals surface area contributed by atoms with E-state index in [-0.39, 0.29) is 16.5 Å². The van der Waals surface area contributed by atoms with Crippen LogP contribution >= 0.6 is 34.8 Å². The number of halogens is 3. The van der Waals surface area contributed by atoms with Crippen LogP contribution in [-0.4, -0.2) is 30.8 Å². The molecular formula is C16H13Cl3N2O2. The average Bonchev–Trinajstić information content (AvgIpc) is 2.50. The van der Waals surface area contributed by atoms with Crippen molar-refractivity contribution in [3.05, 3.63) is 62.6 Å². The zero-order chi connectivity index (χ0) is 17.1. The molecule has 2 rings (SSSR count). The highest BCUT2D eigenvalue weighted by molar-refractivity contribution is 6.37. The summed E-state index contributed by atoms with van der Waals surface area (Å²) >= 11 is 18.0. The zero-order valence-electron chi connectivity index (χ0n) is 12.4. The lowest BCUT2D eigenvalue weighted by Crippen LogP contribution is -2.22. The summed E-state index contributed by atoms with van der Waals surface area (Å²) in [6.45, 7) is 0. The fourth-order valence-electron chi connectivity index (χ4n) is 1.87. The summed E-state index contributed by atoms with van der Waals surface area (Å²) in [4.78, 5) is 25.8. The van der Waals surface area contributed by atoms with Crippen LogP contribution in [0.4, 0.5) is 5.69 Å². The van der Waals surface area contributed by atoms with E-state index in [1.54, 1.807) is 32.3 Å². The van der Waals surface area contributed by atoms with Crippen LogP contribution in [0.1, 0.15) is 20.7 Å². The molecule has 0 radical (unpaired) electrons. The topological polar surface area (TPSA) is 49.4 Å². The molecule has 120 valence electrons. The van der Waals surface area contributed by atoms with E-state index in [0.29, 0.717) is 21.3 Å². The number of nitrogens with zero attached hydrogens (tertiary/aromatic N) is 1. The summed E-state index contributed by atoms with van der Waals surface area (Å²) in [5, 5.41) is 3.61. The van der Waals surface area contributed by atoms with Gasteiger partial charge in [0.2, 0.25) is 0 Å². The molecular weight excluding hydrogens is 359 g/mol. The van der Waals surface area contributed by atoms with Crippen LogP contribution in [0.3, 0.4) is 0 Å². The number of nitrogens with one attached hydrogen (secondary N) is 1. The Labute approximate surface area is 148 Å². The first-order valence-electron chi connectivity index (χ1n) is 6.57. The lowest BCUT2D eigenvalue weighted by atomic mass is 10.1. The molecule has 7 heteroatoms. The lowest BCUT2D eigenvalue weighted by Gasteiger charge is -2.13. The Bertz CT molecular complexity index is 776. The van der Waals surface area contributed by atoms with E-state index < -0.39 is 5.91 Å². The molecule has 2 amide bonds. The van der Waals surface area contributed by atoms with Crippen molar-refractivity contribution in [2.45, 2.75) is 0 Å². The smallest absolute Gasteiger partial charge is 0.257 e. The van der Waals surface area contributed by atoms with Gasteiger partial charge in [0, 0.05) is 24.7 Å². The SMILES string of the molecule is CN(C)C(=O)c1ccc(Cl)c(NC(=O)c2cc(Cl)ccc2Cl)c1. The number of benzene rings is 2. The van der Waals surface area contributed by atoms with Crippen LogP contribution in [0, 0.1) is 0 Å². The van der Waals surface area contributed by atoms with Crippen LogP contribution in [0.15, 0.2) is 36.4 Å². The molecule has 0 aromatic heterocycles. The third-order valence-corrected chi connectivity index (χ3v) is 3.93.